The van der Waals surface area contributed by atoms with Crippen LogP contribution in [0.4, 0.5) is 5.69 Å². The van der Waals surface area contributed by atoms with Crippen LogP contribution < -0.4 is 4.90 Å². The summed E-state index contributed by atoms with van der Waals surface area (Å²) in [4.78, 5) is 14.9. The molecule has 0 bridgehead atoms. The molecule has 1 atom stereocenters. The summed E-state index contributed by atoms with van der Waals surface area (Å²) in [5, 5.41) is 0.0201. The molecule has 1 aromatic carbocycles. The molecule has 1 aromatic rings. The standard InChI is InChI=1S/C11H12BrNOS/c1-3-13-9-5-4-8(12)6-10(9)15-7(2)11(13)14/h4-7H,3H2,1-2H3. The van der Waals surface area contributed by atoms with E-state index in [2.05, 4.69) is 22.0 Å². The van der Waals surface area contributed by atoms with Gasteiger partial charge in [-0.15, -0.1) is 11.8 Å². The Morgan fingerprint density at radius 3 is 2.93 bits per heavy atom. The van der Waals surface area contributed by atoms with E-state index in [0.29, 0.717) is 0 Å². The Hall–Kier alpha value is -0.480. The maximum atomic E-state index is 11.9. The summed E-state index contributed by atoms with van der Waals surface area (Å²) < 4.78 is 1.06. The van der Waals surface area contributed by atoms with E-state index in [1.165, 1.54) is 4.90 Å². The highest BCUT2D eigenvalue weighted by Gasteiger charge is 2.29. The molecule has 15 heavy (non-hydrogen) atoms. The van der Waals surface area contributed by atoms with Crippen LogP contribution in [0.25, 0.3) is 0 Å². The molecule has 0 aromatic heterocycles. The molecule has 4 heteroatoms. The van der Waals surface area contributed by atoms with Gasteiger partial charge in [0.05, 0.1) is 10.9 Å². The number of amides is 1. The zero-order valence-electron chi connectivity index (χ0n) is 8.66. The Morgan fingerprint density at radius 2 is 2.27 bits per heavy atom. The van der Waals surface area contributed by atoms with Crippen molar-refractivity contribution >= 4 is 39.3 Å². The predicted molar refractivity (Wildman–Crippen MR) is 67.5 cm³/mol. The second kappa shape index (κ2) is 4.18. The van der Waals surface area contributed by atoms with Gasteiger partial charge in [0.2, 0.25) is 5.91 Å². The molecule has 0 radical (unpaired) electrons. The number of hydrogen-bond acceptors (Lipinski definition) is 2. The second-order valence-corrected chi connectivity index (χ2v) is 5.75. The fourth-order valence-electron chi connectivity index (χ4n) is 1.71. The van der Waals surface area contributed by atoms with Gasteiger partial charge in [0.25, 0.3) is 0 Å². The van der Waals surface area contributed by atoms with Crippen molar-refractivity contribution in [2.75, 3.05) is 11.4 Å². The average Bonchev–Trinajstić information content (AvgIpc) is 2.20. The molecule has 0 fully saturated rings. The topological polar surface area (TPSA) is 20.3 Å². The molecular weight excluding hydrogens is 274 g/mol. The van der Waals surface area contributed by atoms with E-state index < -0.39 is 0 Å². The summed E-state index contributed by atoms with van der Waals surface area (Å²) in [5.74, 6) is 0.206. The van der Waals surface area contributed by atoms with Crippen molar-refractivity contribution in [2.45, 2.75) is 24.0 Å². The summed E-state index contributed by atoms with van der Waals surface area (Å²) in [6.07, 6.45) is 0. The van der Waals surface area contributed by atoms with Crippen LogP contribution in [-0.2, 0) is 4.79 Å². The molecule has 1 unspecified atom stereocenters. The molecule has 1 aliphatic heterocycles. The van der Waals surface area contributed by atoms with E-state index in [1.807, 2.05) is 30.9 Å². The maximum absolute atomic E-state index is 11.9. The van der Waals surface area contributed by atoms with Crippen LogP contribution in [0.2, 0.25) is 0 Å². The van der Waals surface area contributed by atoms with Crippen molar-refractivity contribution in [2.24, 2.45) is 0 Å². The molecule has 0 aliphatic carbocycles. The fraction of sp³-hybridized carbons (Fsp3) is 0.364. The lowest BCUT2D eigenvalue weighted by Crippen LogP contribution is -2.39. The van der Waals surface area contributed by atoms with Crippen molar-refractivity contribution in [3.05, 3.63) is 22.7 Å². The van der Waals surface area contributed by atoms with Crippen LogP contribution in [0.1, 0.15) is 13.8 Å². The van der Waals surface area contributed by atoms with Crippen LogP contribution in [0, 0.1) is 0 Å². The zero-order chi connectivity index (χ0) is 11.0. The van der Waals surface area contributed by atoms with Gasteiger partial charge in [0.1, 0.15) is 0 Å². The van der Waals surface area contributed by atoms with Gasteiger partial charge < -0.3 is 4.90 Å². The quantitative estimate of drug-likeness (QED) is 0.789. The van der Waals surface area contributed by atoms with Gasteiger partial charge in [0.15, 0.2) is 0 Å². The summed E-state index contributed by atoms with van der Waals surface area (Å²) in [6.45, 7) is 4.70. The summed E-state index contributed by atoms with van der Waals surface area (Å²) >= 11 is 5.08. The van der Waals surface area contributed by atoms with Crippen LogP contribution in [-0.4, -0.2) is 17.7 Å². The number of halogens is 1. The zero-order valence-corrected chi connectivity index (χ0v) is 11.1. The van der Waals surface area contributed by atoms with E-state index in [0.717, 1.165) is 16.7 Å². The Morgan fingerprint density at radius 1 is 1.53 bits per heavy atom. The first-order chi connectivity index (χ1) is 7.13. The van der Waals surface area contributed by atoms with E-state index in [4.69, 9.17) is 0 Å². The lowest BCUT2D eigenvalue weighted by molar-refractivity contribution is -0.117. The predicted octanol–water partition coefficient (Wildman–Crippen LogP) is 3.30. The summed E-state index contributed by atoms with van der Waals surface area (Å²) in [5.41, 5.74) is 1.04. The number of carbonyl (C=O) groups excluding carboxylic acids is 1. The van der Waals surface area contributed by atoms with E-state index in [-0.39, 0.29) is 11.2 Å². The lowest BCUT2D eigenvalue weighted by Gasteiger charge is -2.31. The highest BCUT2D eigenvalue weighted by molar-refractivity contribution is 9.10. The number of carbonyl (C=O) groups is 1. The van der Waals surface area contributed by atoms with Crippen molar-refractivity contribution in [1.29, 1.82) is 0 Å². The number of benzene rings is 1. The first-order valence-electron chi connectivity index (χ1n) is 4.91. The monoisotopic (exact) mass is 285 g/mol. The minimum Gasteiger partial charge on any atom is -0.311 e. The molecule has 2 rings (SSSR count). The molecule has 0 spiro atoms. The Labute approximate surface area is 102 Å². The highest BCUT2D eigenvalue weighted by atomic mass is 79.9. The van der Waals surface area contributed by atoms with Crippen molar-refractivity contribution in [1.82, 2.24) is 0 Å². The third-order valence-electron chi connectivity index (χ3n) is 2.45. The Balaban J connectivity index is 2.49. The average molecular weight is 286 g/mol. The number of nitrogens with zero attached hydrogens (tertiary/aromatic N) is 1. The molecule has 2 nitrogen and oxygen atoms in total. The van der Waals surface area contributed by atoms with E-state index >= 15 is 0 Å². The fourth-order valence-corrected chi connectivity index (χ4v) is 3.33. The van der Waals surface area contributed by atoms with Crippen LogP contribution >= 0.6 is 27.7 Å². The molecule has 1 amide bonds. The Bertz CT molecular complexity index is 408. The molecule has 80 valence electrons. The number of anilines is 1. The van der Waals surface area contributed by atoms with E-state index in [1.54, 1.807) is 11.8 Å². The van der Waals surface area contributed by atoms with Gasteiger partial charge in [-0.05, 0) is 32.0 Å². The summed E-state index contributed by atoms with van der Waals surface area (Å²) in [7, 11) is 0. The van der Waals surface area contributed by atoms with Crippen molar-refractivity contribution in [3.63, 3.8) is 0 Å². The molecular formula is C11H12BrNOS. The van der Waals surface area contributed by atoms with Gasteiger partial charge in [0, 0.05) is 15.9 Å². The smallest absolute Gasteiger partial charge is 0.240 e. The minimum atomic E-state index is 0.0201. The van der Waals surface area contributed by atoms with Crippen LogP contribution in [0.3, 0.4) is 0 Å². The molecule has 0 saturated carbocycles. The third kappa shape index (κ3) is 1.93. The van der Waals surface area contributed by atoms with Crippen LogP contribution in [0.5, 0.6) is 0 Å². The van der Waals surface area contributed by atoms with Gasteiger partial charge in [-0.1, -0.05) is 15.9 Å². The summed E-state index contributed by atoms with van der Waals surface area (Å²) in [6, 6.07) is 6.05. The Kier molecular flexibility index (Phi) is 3.07. The number of fused-ring (bicyclic) bond motifs is 1. The van der Waals surface area contributed by atoms with E-state index in [9.17, 15) is 4.79 Å². The first-order valence-corrected chi connectivity index (χ1v) is 6.58. The minimum absolute atomic E-state index is 0.0201. The normalized spacial score (nSPS) is 20.3. The maximum Gasteiger partial charge on any atom is 0.240 e. The van der Waals surface area contributed by atoms with Crippen LogP contribution in [0.15, 0.2) is 27.6 Å². The third-order valence-corrected chi connectivity index (χ3v) is 4.08. The number of thioether (sulfide) groups is 1. The van der Waals surface area contributed by atoms with Gasteiger partial charge in [-0.25, -0.2) is 0 Å². The first kappa shape index (κ1) is 11.0. The molecule has 1 aliphatic rings. The number of rotatable bonds is 1. The van der Waals surface area contributed by atoms with Crippen molar-refractivity contribution in [3.8, 4) is 0 Å². The molecule has 0 saturated heterocycles. The largest absolute Gasteiger partial charge is 0.311 e. The SMILES string of the molecule is CCN1C(=O)C(C)Sc2cc(Br)ccc21. The van der Waals surface area contributed by atoms with Gasteiger partial charge in [-0.3, -0.25) is 4.79 Å². The number of hydrogen-bond donors (Lipinski definition) is 0. The highest BCUT2D eigenvalue weighted by Crippen LogP contribution is 2.40. The van der Waals surface area contributed by atoms with Gasteiger partial charge >= 0.3 is 0 Å². The lowest BCUT2D eigenvalue weighted by atomic mass is 10.2. The van der Waals surface area contributed by atoms with Gasteiger partial charge in [-0.2, -0.15) is 0 Å². The van der Waals surface area contributed by atoms with Crippen molar-refractivity contribution < 1.29 is 4.79 Å². The molecule has 0 N–H and O–H groups in total. The second-order valence-electron chi connectivity index (χ2n) is 3.45. The molecule has 1 heterocycles.